The van der Waals surface area contributed by atoms with Crippen LogP contribution < -0.4 is 5.19 Å². The second kappa shape index (κ2) is 5.80. The third-order valence-corrected chi connectivity index (χ3v) is 6.46. The van der Waals surface area contributed by atoms with Crippen molar-refractivity contribution in [3.63, 3.8) is 0 Å². The fraction of sp³-hybridized carbons (Fsp3) is 0.533. The molecule has 0 aliphatic heterocycles. The Morgan fingerprint density at radius 2 is 1.83 bits per heavy atom. The molecule has 1 aliphatic carbocycles. The molecule has 0 spiro atoms. The third kappa shape index (κ3) is 3.09. The van der Waals surface area contributed by atoms with Crippen molar-refractivity contribution in [3.8, 4) is 0 Å². The molecule has 2 atom stereocenters. The molecule has 98 valence electrons. The Kier molecular flexibility index (Phi) is 4.35. The third-order valence-electron chi connectivity index (χ3n) is 3.84. The van der Waals surface area contributed by atoms with Crippen molar-refractivity contribution in [1.82, 2.24) is 0 Å². The maximum atomic E-state index is 11.1. The van der Waals surface area contributed by atoms with Gasteiger partial charge >= 0.3 is 0 Å². The summed E-state index contributed by atoms with van der Waals surface area (Å²) in [5.74, 6) is 0.106. The van der Waals surface area contributed by atoms with Gasteiger partial charge in [0.25, 0.3) is 0 Å². The molecule has 0 saturated heterocycles. The first-order valence-corrected chi connectivity index (χ1v) is 9.73. The molecule has 0 aromatic heterocycles. The van der Waals surface area contributed by atoms with Crippen LogP contribution in [0.5, 0.6) is 0 Å². The number of rotatable bonds is 4. The van der Waals surface area contributed by atoms with Gasteiger partial charge in [-0.15, -0.1) is 0 Å². The molecule has 1 aromatic rings. The summed E-state index contributed by atoms with van der Waals surface area (Å²) in [5.41, 5.74) is 0. The molecule has 0 N–H and O–H groups in total. The summed E-state index contributed by atoms with van der Waals surface area (Å²) < 4.78 is 6.38. The second-order valence-corrected chi connectivity index (χ2v) is 9.45. The van der Waals surface area contributed by atoms with Crippen molar-refractivity contribution in [2.24, 2.45) is 5.92 Å². The monoisotopic (exact) mass is 262 g/mol. The average molecular weight is 262 g/mol. The zero-order chi connectivity index (χ0) is 13.0. The van der Waals surface area contributed by atoms with Crippen molar-refractivity contribution in [3.05, 3.63) is 30.3 Å². The molecule has 0 heterocycles. The van der Waals surface area contributed by atoms with Crippen molar-refractivity contribution < 1.29 is 9.22 Å². The van der Waals surface area contributed by atoms with Gasteiger partial charge in [0.1, 0.15) is 6.29 Å². The SMILES string of the molecule is C[Si](C)(O[C@@H]1CCCC[C@H]1C=O)c1ccccc1. The van der Waals surface area contributed by atoms with E-state index in [1.54, 1.807) is 0 Å². The normalized spacial score (nSPS) is 24.8. The first-order valence-electron chi connectivity index (χ1n) is 6.82. The van der Waals surface area contributed by atoms with E-state index in [4.69, 9.17) is 4.43 Å². The number of aldehydes is 1. The van der Waals surface area contributed by atoms with Gasteiger partial charge in [-0.05, 0) is 31.1 Å². The molecule has 0 amide bonds. The Labute approximate surface area is 110 Å². The van der Waals surface area contributed by atoms with Crippen molar-refractivity contribution >= 4 is 19.8 Å². The Hall–Kier alpha value is -0.933. The number of hydrogen-bond acceptors (Lipinski definition) is 2. The van der Waals surface area contributed by atoms with Crippen LogP contribution in [0, 0.1) is 5.92 Å². The molecule has 1 aliphatic rings. The Morgan fingerprint density at radius 3 is 2.50 bits per heavy atom. The predicted octanol–water partition coefficient (Wildman–Crippen LogP) is 2.87. The fourth-order valence-corrected chi connectivity index (χ4v) is 4.89. The van der Waals surface area contributed by atoms with Gasteiger partial charge in [0.15, 0.2) is 0 Å². The lowest BCUT2D eigenvalue weighted by Crippen LogP contribution is -2.49. The highest BCUT2D eigenvalue weighted by atomic mass is 28.4. The highest BCUT2D eigenvalue weighted by molar-refractivity contribution is 6.84. The Morgan fingerprint density at radius 1 is 1.17 bits per heavy atom. The number of hydrogen-bond donors (Lipinski definition) is 0. The van der Waals surface area contributed by atoms with Crippen LogP contribution in [0.25, 0.3) is 0 Å². The topological polar surface area (TPSA) is 26.3 Å². The van der Waals surface area contributed by atoms with E-state index in [2.05, 4.69) is 37.4 Å². The highest BCUT2D eigenvalue weighted by Gasteiger charge is 2.33. The van der Waals surface area contributed by atoms with E-state index >= 15 is 0 Å². The minimum Gasteiger partial charge on any atom is -0.409 e. The van der Waals surface area contributed by atoms with Crippen LogP contribution in [0.15, 0.2) is 30.3 Å². The van der Waals surface area contributed by atoms with E-state index in [0.29, 0.717) is 0 Å². The molecule has 2 nitrogen and oxygen atoms in total. The van der Waals surface area contributed by atoms with Crippen LogP contribution in [0.2, 0.25) is 13.1 Å². The lowest BCUT2D eigenvalue weighted by molar-refractivity contribution is -0.115. The molecule has 0 unspecified atom stereocenters. The summed E-state index contributed by atoms with van der Waals surface area (Å²) in [7, 11) is -1.88. The zero-order valence-corrected chi connectivity index (χ0v) is 12.3. The van der Waals surface area contributed by atoms with Crippen LogP contribution in [0.4, 0.5) is 0 Å². The van der Waals surface area contributed by atoms with Crippen LogP contribution in [0.1, 0.15) is 25.7 Å². The summed E-state index contributed by atoms with van der Waals surface area (Å²) >= 11 is 0. The van der Waals surface area contributed by atoms with E-state index in [1.807, 2.05) is 6.07 Å². The Balaban J connectivity index is 2.09. The first kappa shape index (κ1) is 13.5. The summed E-state index contributed by atoms with van der Waals surface area (Å²) in [5, 5.41) is 1.31. The fourth-order valence-electron chi connectivity index (χ4n) is 2.71. The average Bonchev–Trinajstić information content (AvgIpc) is 2.40. The molecule has 0 radical (unpaired) electrons. The van der Waals surface area contributed by atoms with Gasteiger partial charge in [-0.2, -0.15) is 0 Å². The molecule has 2 rings (SSSR count). The minimum absolute atomic E-state index is 0.106. The largest absolute Gasteiger partial charge is 0.409 e. The van der Waals surface area contributed by atoms with E-state index in [1.165, 1.54) is 11.6 Å². The summed E-state index contributed by atoms with van der Waals surface area (Å²) in [6.07, 6.45) is 5.61. The Bertz CT molecular complexity index is 389. The van der Waals surface area contributed by atoms with Crippen molar-refractivity contribution in [2.45, 2.75) is 44.9 Å². The van der Waals surface area contributed by atoms with Gasteiger partial charge in [0.2, 0.25) is 8.32 Å². The molecular formula is C15H22O2Si. The molecule has 1 saturated carbocycles. The minimum atomic E-state index is -1.88. The maximum Gasteiger partial charge on any atom is 0.218 e. The maximum absolute atomic E-state index is 11.1. The van der Waals surface area contributed by atoms with Gasteiger partial charge < -0.3 is 9.22 Å². The molecule has 0 bridgehead atoms. The van der Waals surface area contributed by atoms with Crippen molar-refractivity contribution in [2.75, 3.05) is 0 Å². The van der Waals surface area contributed by atoms with E-state index in [-0.39, 0.29) is 12.0 Å². The first-order chi connectivity index (χ1) is 8.63. The number of benzene rings is 1. The van der Waals surface area contributed by atoms with Crippen LogP contribution in [-0.2, 0) is 9.22 Å². The van der Waals surface area contributed by atoms with E-state index in [0.717, 1.165) is 25.5 Å². The van der Waals surface area contributed by atoms with Crippen LogP contribution in [0.3, 0.4) is 0 Å². The van der Waals surface area contributed by atoms with Gasteiger partial charge in [-0.25, -0.2) is 0 Å². The highest BCUT2D eigenvalue weighted by Crippen LogP contribution is 2.27. The second-order valence-electron chi connectivity index (χ2n) is 5.62. The molecule has 1 aromatic carbocycles. The zero-order valence-electron chi connectivity index (χ0n) is 11.3. The summed E-state index contributed by atoms with van der Waals surface area (Å²) in [6.45, 7) is 4.44. The number of carbonyl (C=O) groups excluding carboxylic acids is 1. The van der Waals surface area contributed by atoms with Crippen LogP contribution in [-0.4, -0.2) is 20.7 Å². The number of carbonyl (C=O) groups is 1. The molecule has 18 heavy (non-hydrogen) atoms. The molecule has 1 fully saturated rings. The lowest BCUT2D eigenvalue weighted by atomic mass is 9.88. The molecule has 3 heteroatoms. The standard InChI is InChI=1S/C15H22O2Si/c1-18(2,14-9-4-3-5-10-14)17-15-11-7-6-8-13(15)12-16/h3-5,9-10,12-13,15H,6-8,11H2,1-2H3/t13-,15+/m0/s1. The van der Waals surface area contributed by atoms with Gasteiger partial charge in [-0.1, -0.05) is 43.2 Å². The summed E-state index contributed by atoms with van der Waals surface area (Å²) in [4.78, 5) is 11.1. The lowest BCUT2D eigenvalue weighted by Gasteiger charge is -2.35. The predicted molar refractivity (Wildman–Crippen MR) is 76.5 cm³/mol. The van der Waals surface area contributed by atoms with Gasteiger partial charge in [0, 0.05) is 5.92 Å². The van der Waals surface area contributed by atoms with E-state index in [9.17, 15) is 4.79 Å². The van der Waals surface area contributed by atoms with Gasteiger partial charge in [-0.3, -0.25) is 0 Å². The van der Waals surface area contributed by atoms with Gasteiger partial charge in [0.05, 0.1) is 6.10 Å². The quantitative estimate of drug-likeness (QED) is 0.616. The smallest absolute Gasteiger partial charge is 0.218 e. The molecular weight excluding hydrogens is 240 g/mol. The van der Waals surface area contributed by atoms with Crippen LogP contribution >= 0.6 is 0 Å². The van der Waals surface area contributed by atoms with Crippen molar-refractivity contribution in [1.29, 1.82) is 0 Å². The summed E-state index contributed by atoms with van der Waals surface area (Å²) in [6, 6.07) is 10.4. The van der Waals surface area contributed by atoms with E-state index < -0.39 is 8.32 Å².